The van der Waals surface area contributed by atoms with Crippen LogP contribution in [-0.4, -0.2) is 32.5 Å². The molecule has 3 rings (SSSR count). The number of anilines is 1. The van der Waals surface area contributed by atoms with Gasteiger partial charge < -0.3 is 14.5 Å². The minimum Gasteiger partial charge on any atom is -0.467 e. The normalized spacial score (nSPS) is 11.8. The van der Waals surface area contributed by atoms with Crippen LogP contribution >= 0.6 is 11.6 Å². The lowest BCUT2D eigenvalue weighted by Gasteiger charge is -2.08. The van der Waals surface area contributed by atoms with Crippen molar-refractivity contribution < 1.29 is 17.9 Å². The maximum Gasteiger partial charge on any atom is 0.296 e. The van der Waals surface area contributed by atoms with Crippen molar-refractivity contribution in [2.75, 3.05) is 11.9 Å². The molecule has 0 bridgehead atoms. The largest absolute Gasteiger partial charge is 0.467 e. The van der Waals surface area contributed by atoms with E-state index >= 15 is 0 Å². The van der Waals surface area contributed by atoms with Crippen LogP contribution < -0.4 is 10.1 Å². The smallest absolute Gasteiger partial charge is 0.296 e. The standard InChI is InChI=1S/C13H12ClF2N5O2/c1-13(15,16)6-23-12-18-8-9(17-5-7-3-2-4-22-7)19-11(14)20-10(8)21-12/h2-4H,5-6H2,1H3,(H2,17,18,19,20,21). The molecule has 0 aliphatic heterocycles. The number of nitrogens with one attached hydrogen (secondary N) is 2. The number of furan rings is 1. The van der Waals surface area contributed by atoms with Crippen molar-refractivity contribution >= 4 is 28.6 Å². The Morgan fingerprint density at radius 2 is 2.22 bits per heavy atom. The highest BCUT2D eigenvalue weighted by molar-refractivity contribution is 6.28. The average molecular weight is 344 g/mol. The molecule has 0 aliphatic rings. The van der Waals surface area contributed by atoms with Gasteiger partial charge in [-0.2, -0.15) is 15.0 Å². The molecule has 0 unspecified atom stereocenters. The number of imidazole rings is 1. The van der Waals surface area contributed by atoms with Gasteiger partial charge in [0, 0.05) is 6.92 Å². The molecule has 3 heterocycles. The highest BCUT2D eigenvalue weighted by Gasteiger charge is 2.23. The van der Waals surface area contributed by atoms with Gasteiger partial charge in [-0.05, 0) is 23.7 Å². The monoisotopic (exact) mass is 343 g/mol. The second-order valence-corrected chi connectivity index (χ2v) is 5.21. The van der Waals surface area contributed by atoms with Gasteiger partial charge in [0.05, 0.1) is 12.8 Å². The van der Waals surface area contributed by atoms with E-state index in [1.165, 1.54) is 0 Å². The summed E-state index contributed by atoms with van der Waals surface area (Å²) in [5, 5.41) is 2.98. The van der Waals surface area contributed by atoms with E-state index < -0.39 is 12.5 Å². The Morgan fingerprint density at radius 1 is 1.39 bits per heavy atom. The molecular weight excluding hydrogens is 332 g/mol. The van der Waals surface area contributed by atoms with Crippen LogP contribution in [0.15, 0.2) is 22.8 Å². The van der Waals surface area contributed by atoms with Crippen LogP contribution in [0.1, 0.15) is 12.7 Å². The van der Waals surface area contributed by atoms with Crippen molar-refractivity contribution in [1.82, 2.24) is 19.9 Å². The number of alkyl halides is 2. The van der Waals surface area contributed by atoms with Crippen LogP contribution in [0.4, 0.5) is 14.6 Å². The second-order valence-electron chi connectivity index (χ2n) is 4.87. The first-order chi connectivity index (χ1) is 10.9. The van der Waals surface area contributed by atoms with Gasteiger partial charge in [0.1, 0.15) is 5.76 Å². The SMILES string of the molecule is CC(F)(F)COc1nc2c(NCc3ccco3)nc(Cl)nc2[nH]1. The van der Waals surface area contributed by atoms with Crippen LogP contribution in [0.25, 0.3) is 11.2 Å². The summed E-state index contributed by atoms with van der Waals surface area (Å²) in [5.74, 6) is -1.95. The number of fused-ring (bicyclic) bond motifs is 1. The van der Waals surface area contributed by atoms with Crippen molar-refractivity contribution in [3.8, 4) is 6.01 Å². The van der Waals surface area contributed by atoms with E-state index in [1.54, 1.807) is 18.4 Å². The third-order valence-corrected chi connectivity index (χ3v) is 2.94. The highest BCUT2D eigenvalue weighted by Crippen LogP contribution is 2.24. The summed E-state index contributed by atoms with van der Waals surface area (Å²) in [6.45, 7) is 0.303. The van der Waals surface area contributed by atoms with Crippen LogP contribution in [0, 0.1) is 0 Å². The van der Waals surface area contributed by atoms with Gasteiger partial charge in [-0.1, -0.05) is 0 Å². The Bertz CT molecular complexity index is 801. The summed E-state index contributed by atoms with van der Waals surface area (Å²) in [7, 11) is 0. The number of aromatic amines is 1. The number of ether oxygens (including phenoxy) is 1. The zero-order valence-corrected chi connectivity index (χ0v) is 12.7. The molecule has 0 radical (unpaired) electrons. The molecule has 3 aromatic rings. The fourth-order valence-corrected chi connectivity index (χ4v) is 1.99. The van der Waals surface area contributed by atoms with Crippen molar-refractivity contribution in [3.05, 3.63) is 29.4 Å². The van der Waals surface area contributed by atoms with Gasteiger partial charge in [0.25, 0.3) is 11.9 Å². The molecule has 0 atom stereocenters. The number of hydrogen-bond acceptors (Lipinski definition) is 6. The van der Waals surface area contributed by atoms with Gasteiger partial charge in [-0.3, -0.25) is 4.98 Å². The van der Waals surface area contributed by atoms with E-state index in [9.17, 15) is 8.78 Å². The van der Waals surface area contributed by atoms with Crippen LogP contribution in [0.3, 0.4) is 0 Å². The van der Waals surface area contributed by atoms with Gasteiger partial charge in [-0.15, -0.1) is 0 Å². The Kier molecular flexibility index (Phi) is 4.03. The number of halogens is 3. The van der Waals surface area contributed by atoms with E-state index in [2.05, 4.69) is 25.3 Å². The second kappa shape index (κ2) is 5.99. The Hall–Kier alpha value is -2.42. The van der Waals surface area contributed by atoms with Crippen LogP contribution in [0.5, 0.6) is 6.01 Å². The Balaban J connectivity index is 1.83. The fraction of sp³-hybridized carbons (Fsp3) is 0.308. The predicted octanol–water partition coefficient (Wildman–Crippen LogP) is 3.25. The number of hydrogen-bond donors (Lipinski definition) is 2. The zero-order valence-electron chi connectivity index (χ0n) is 11.9. The first kappa shape index (κ1) is 15.5. The Labute approximate surface area is 134 Å². The lowest BCUT2D eigenvalue weighted by atomic mass is 10.4. The molecule has 0 amide bonds. The van der Waals surface area contributed by atoms with Crippen molar-refractivity contribution in [3.63, 3.8) is 0 Å². The summed E-state index contributed by atoms with van der Waals surface area (Å²) in [4.78, 5) is 14.7. The molecular formula is C13H12ClF2N5O2. The molecule has 23 heavy (non-hydrogen) atoms. The highest BCUT2D eigenvalue weighted by atomic mass is 35.5. The molecule has 7 nitrogen and oxygen atoms in total. The molecule has 0 aromatic carbocycles. The molecule has 0 spiro atoms. The van der Waals surface area contributed by atoms with Gasteiger partial charge in [0.15, 0.2) is 23.6 Å². The van der Waals surface area contributed by atoms with Gasteiger partial charge in [0.2, 0.25) is 5.28 Å². The zero-order chi connectivity index (χ0) is 16.4. The first-order valence-electron chi connectivity index (χ1n) is 6.61. The predicted molar refractivity (Wildman–Crippen MR) is 78.8 cm³/mol. The van der Waals surface area contributed by atoms with E-state index in [0.29, 0.717) is 23.6 Å². The topological polar surface area (TPSA) is 88.9 Å². The van der Waals surface area contributed by atoms with Gasteiger partial charge in [-0.25, -0.2) is 8.78 Å². The summed E-state index contributed by atoms with van der Waals surface area (Å²) in [6.07, 6.45) is 1.55. The number of aromatic nitrogens is 4. The quantitative estimate of drug-likeness (QED) is 0.668. The number of nitrogens with zero attached hydrogens (tertiary/aromatic N) is 3. The maximum absolute atomic E-state index is 12.8. The van der Waals surface area contributed by atoms with Crippen molar-refractivity contribution in [2.45, 2.75) is 19.4 Å². The van der Waals surface area contributed by atoms with Crippen molar-refractivity contribution in [2.24, 2.45) is 0 Å². The maximum atomic E-state index is 12.8. The molecule has 0 fully saturated rings. The third kappa shape index (κ3) is 3.86. The molecule has 3 aromatic heterocycles. The number of rotatable bonds is 6. The molecule has 10 heteroatoms. The van der Waals surface area contributed by atoms with Gasteiger partial charge >= 0.3 is 0 Å². The Morgan fingerprint density at radius 3 is 2.91 bits per heavy atom. The third-order valence-electron chi connectivity index (χ3n) is 2.77. The van der Waals surface area contributed by atoms with Crippen LogP contribution in [-0.2, 0) is 6.54 Å². The molecule has 0 saturated carbocycles. The molecule has 2 N–H and O–H groups in total. The van der Waals surface area contributed by atoms with E-state index in [4.69, 9.17) is 20.8 Å². The summed E-state index contributed by atoms with van der Waals surface area (Å²) < 4.78 is 35.8. The minimum atomic E-state index is -2.97. The molecule has 0 aliphatic carbocycles. The lowest BCUT2D eigenvalue weighted by Crippen LogP contribution is -2.21. The van der Waals surface area contributed by atoms with Crippen molar-refractivity contribution in [1.29, 1.82) is 0 Å². The van der Waals surface area contributed by atoms with E-state index in [0.717, 1.165) is 6.92 Å². The van der Waals surface area contributed by atoms with E-state index in [-0.39, 0.29) is 16.9 Å². The fourth-order valence-electron chi connectivity index (χ4n) is 1.82. The summed E-state index contributed by atoms with van der Waals surface area (Å²) in [6, 6.07) is 3.46. The average Bonchev–Trinajstić information content (AvgIpc) is 3.10. The number of H-pyrrole nitrogens is 1. The first-order valence-corrected chi connectivity index (χ1v) is 6.99. The molecule has 0 saturated heterocycles. The van der Waals surface area contributed by atoms with Crippen LogP contribution in [0.2, 0.25) is 5.28 Å². The lowest BCUT2D eigenvalue weighted by molar-refractivity contribution is -0.0253. The summed E-state index contributed by atoms with van der Waals surface area (Å²) >= 11 is 5.85. The van der Waals surface area contributed by atoms with E-state index in [1.807, 2.05) is 0 Å². The molecule has 122 valence electrons. The minimum absolute atomic E-state index is 0.0181. The summed E-state index contributed by atoms with van der Waals surface area (Å²) in [5.41, 5.74) is 0.608.